The van der Waals surface area contributed by atoms with Crippen LogP contribution < -0.4 is 5.32 Å². The molecule has 0 unspecified atom stereocenters. The van der Waals surface area contributed by atoms with Gasteiger partial charge in [0.25, 0.3) is 5.91 Å². The predicted octanol–water partition coefficient (Wildman–Crippen LogP) is 2.77. The Bertz CT molecular complexity index is 715. The molecule has 2 aromatic rings. The van der Waals surface area contributed by atoms with Gasteiger partial charge in [-0.2, -0.15) is 5.10 Å². The summed E-state index contributed by atoms with van der Waals surface area (Å²) in [5.74, 6) is 0.337. The Labute approximate surface area is 142 Å². The number of carbonyl (C=O) groups excluding carboxylic acids is 1. The summed E-state index contributed by atoms with van der Waals surface area (Å²) in [5.41, 5.74) is 3.60. The van der Waals surface area contributed by atoms with Crippen molar-refractivity contribution in [2.75, 3.05) is 6.61 Å². The molecule has 1 amide bonds. The first-order valence-corrected chi connectivity index (χ1v) is 8.62. The monoisotopic (exact) mass is 327 g/mol. The van der Waals surface area contributed by atoms with Gasteiger partial charge < -0.3 is 10.4 Å². The summed E-state index contributed by atoms with van der Waals surface area (Å²) in [6.07, 6.45) is 5.46. The van der Waals surface area contributed by atoms with Crippen molar-refractivity contribution in [3.05, 3.63) is 47.3 Å². The zero-order valence-electron chi connectivity index (χ0n) is 14.3. The second-order valence-corrected chi connectivity index (χ2v) is 6.72. The van der Waals surface area contributed by atoms with Gasteiger partial charge in [-0.25, -0.2) is 4.68 Å². The molecule has 5 nitrogen and oxygen atoms in total. The van der Waals surface area contributed by atoms with E-state index in [1.165, 1.54) is 0 Å². The summed E-state index contributed by atoms with van der Waals surface area (Å²) in [7, 11) is 0. The lowest BCUT2D eigenvalue weighted by molar-refractivity contribution is 0.0913. The van der Waals surface area contributed by atoms with Crippen LogP contribution in [0.1, 0.15) is 47.3 Å². The fourth-order valence-corrected chi connectivity index (χ4v) is 3.43. The number of benzene rings is 1. The molecule has 128 valence electrons. The molecule has 0 saturated heterocycles. The van der Waals surface area contributed by atoms with Gasteiger partial charge in [0.05, 0.1) is 23.1 Å². The van der Waals surface area contributed by atoms with Crippen LogP contribution in [0, 0.1) is 19.8 Å². The van der Waals surface area contributed by atoms with Crippen LogP contribution in [0.15, 0.2) is 30.5 Å². The molecule has 0 radical (unpaired) electrons. The normalized spacial score (nSPS) is 20.8. The van der Waals surface area contributed by atoms with E-state index in [4.69, 9.17) is 0 Å². The molecule has 1 aromatic carbocycles. The van der Waals surface area contributed by atoms with E-state index in [0.29, 0.717) is 11.5 Å². The number of hydrogen-bond acceptors (Lipinski definition) is 3. The first-order valence-electron chi connectivity index (χ1n) is 8.62. The highest BCUT2D eigenvalue weighted by Gasteiger charge is 2.24. The van der Waals surface area contributed by atoms with Crippen molar-refractivity contribution in [3.8, 4) is 5.69 Å². The number of aromatic nitrogens is 2. The van der Waals surface area contributed by atoms with Crippen molar-refractivity contribution < 1.29 is 9.90 Å². The lowest BCUT2D eigenvalue weighted by atomic mass is 9.86. The number of amides is 1. The summed E-state index contributed by atoms with van der Waals surface area (Å²) < 4.78 is 1.83. The Morgan fingerprint density at radius 1 is 1.25 bits per heavy atom. The van der Waals surface area contributed by atoms with Crippen LogP contribution >= 0.6 is 0 Å². The highest BCUT2D eigenvalue weighted by molar-refractivity contribution is 5.95. The van der Waals surface area contributed by atoms with Crippen LogP contribution in [0.25, 0.3) is 5.69 Å². The van der Waals surface area contributed by atoms with Crippen LogP contribution in [0.5, 0.6) is 0 Å². The fraction of sp³-hybridized carbons (Fsp3) is 0.474. The van der Waals surface area contributed by atoms with Crippen molar-refractivity contribution in [3.63, 3.8) is 0 Å². The number of nitrogens with zero attached hydrogens (tertiary/aromatic N) is 2. The Balaban J connectivity index is 1.72. The summed E-state index contributed by atoms with van der Waals surface area (Å²) in [5, 5.41) is 16.7. The van der Waals surface area contributed by atoms with Crippen molar-refractivity contribution in [1.82, 2.24) is 15.1 Å². The Hall–Kier alpha value is -2.14. The Morgan fingerprint density at radius 2 is 1.96 bits per heavy atom. The molecular formula is C19H25N3O2. The minimum absolute atomic E-state index is 0.0558. The molecule has 1 aliphatic rings. The molecule has 0 bridgehead atoms. The molecule has 0 atom stereocenters. The standard InChI is InChI=1S/C19H25N3O2/c1-13-5-3-4-6-18(13)22-14(2)17(11-20-22)19(24)21-16-9-7-15(12-23)8-10-16/h3-6,11,15-16,23H,7-10,12H2,1-2H3,(H,21,24). The zero-order valence-corrected chi connectivity index (χ0v) is 14.3. The third-order valence-corrected chi connectivity index (χ3v) is 5.04. The molecule has 2 N–H and O–H groups in total. The van der Waals surface area contributed by atoms with Crippen molar-refractivity contribution in [2.24, 2.45) is 5.92 Å². The molecule has 1 aliphatic carbocycles. The lowest BCUT2D eigenvalue weighted by Crippen LogP contribution is -2.38. The number of para-hydroxylation sites is 1. The Kier molecular flexibility index (Phi) is 5.00. The van der Waals surface area contributed by atoms with Crippen LogP contribution in [-0.4, -0.2) is 33.4 Å². The van der Waals surface area contributed by atoms with Crippen LogP contribution in [0.3, 0.4) is 0 Å². The number of hydrogen-bond donors (Lipinski definition) is 2. The number of nitrogens with one attached hydrogen (secondary N) is 1. The highest BCUT2D eigenvalue weighted by Crippen LogP contribution is 2.24. The summed E-state index contributed by atoms with van der Waals surface area (Å²) in [6, 6.07) is 8.21. The van der Waals surface area contributed by atoms with E-state index in [9.17, 15) is 9.90 Å². The second kappa shape index (κ2) is 7.18. The summed E-state index contributed by atoms with van der Waals surface area (Å²) in [6.45, 7) is 4.22. The van der Waals surface area contributed by atoms with E-state index in [1.807, 2.05) is 42.8 Å². The third kappa shape index (κ3) is 3.36. The minimum Gasteiger partial charge on any atom is -0.396 e. The first kappa shape index (κ1) is 16.7. The van der Waals surface area contributed by atoms with Crippen molar-refractivity contribution >= 4 is 5.91 Å². The average Bonchev–Trinajstić information content (AvgIpc) is 2.97. The Morgan fingerprint density at radius 3 is 2.62 bits per heavy atom. The van der Waals surface area contributed by atoms with Crippen molar-refractivity contribution in [1.29, 1.82) is 0 Å². The van der Waals surface area contributed by atoms with E-state index >= 15 is 0 Å². The molecule has 24 heavy (non-hydrogen) atoms. The third-order valence-electron chi connectivity index (χ3n) is 5.04. The topological polar surface area (TPSA) is 67.2 Å². The van der Waals surface area contributed by atoms with Gasteiger partial charge in [-0.3, -0.25) is 4.79 Å². The molecule has 1 heterocycles. The summed E-state index contributed by atoms with van der Waals surface area (Å²) in [4.78, 5) is 12.6. The maximum Gasteiger partial charge on any atom is 0.254 e. The quantitative estimate of drug-likeness (QED) is 0.907. The van der Waals surface area contributed by atoms with Crippen LogP contribution in [-0.2, 0) is 0 Å². The van der Waals surface area contributed by atoms with Gasteiger partial charge in [0.2, 0.25) is 0 Å². The van der Waals surface area contributed by atoms with Gasteiger partial charge in [0.1, 0.15) is 0 Å². The largest absolute Gasteiger partial charge is 0.396 e. The van der Waals surface area contributed by atoms with Crippen LogP contribution in [0.2, 0.25) is 0 Å². The van der Waals surface area contributed by atoms with Crippen LogP contribution in [0.4, 0.5) is 0 Å². The molecule has 1 aromatic heterocycles. The molecule has 0 spiro atoms. The first-order chi connectivity index (χ1) is 11.6. The fourth-order valence-electron chi connectivity index (χ4n) is 3.43. The maximum atomic E-state index is 12.6. The zero-order chi connectivity index (χ0) is 17.1. The molecule has 3 rings (SSSR count). The number of aliphatic hydroxyl groups is 1. The highest BCUT2D eigenvalue weighted by atomic mass is 16.3. The summed E-state index contributed by atoms with van der Waals surface area (Å²) >= 11 is 0. The number of rotatable bonds is 4. The van der Waals surface area contributed by atoms with Gasteiger partial charge in [0, 0.05) is 12.6 Å². The molecular weight excluding hydrogens is 302 g/mol. The van der Waals surface area contributed by atoms with E-state index in [0.717, 1.165) is 42.6 Å². The van der Waals surface area contributed by atoms with Gasteiger partial charge >= 0.3 is 0 Å². The minimum atomic E-state index is -0.0558. The average molecular weight is 327 g/mol. The van der Waals surface area contributed by atoms with E-state index in [2.05, 4.69) is 10.4 Å². The van der Waals surface area contributed by atoms with E-state index in [1.54, 1.807) is 6.20 Å². The van der Waals surface area contributed by atoms with E-state index < -0.39 is 0 Å². The van der Waals surface area contributed by atoms with E-state index in [-0.39, 0.29) is 18.6 Å². The SMILES string of the molecule is Cc1ccccc1-n1ncc(C(=O)NC2CCC(CO)CC2)c1C. The van der Waals surface area contributed by atoms with Gasteiger partial charge in [-0.15, -0.1) is 0 Å². The molecule has 0 aliphatic heterocycles. The van der Waals surface area contributed by atoms with Crippen molar-refractivity contribution in [2.45, 2.75) is 45.6 Å². The van der Waals surface area contributed by atoms with Gasteiger partial charge in [-0.1, -0.05) is 18.2 Å². The van der Waals surface area contributed by atoms with Gasteiger partial charge in [0.15, 0.2) is 0 Å². The number of carbonyl (C=O) groups is 1. The second-order valence-electron chi connectivity index (χ2n) is 6.72. The lowest BCUT2D eigenvalue weighted by Gasteiger charge is -2.27. The maximum absolute atomic E-state index is 12.6. The predicted molar refractivity (Wildman–Crippen MR) is 93.3 cm³/mol. The molecule has 5 heteroatoms. The number of aliphatic hydroxyl groups excluding tert-OH is 1. The van der Waals surface area contributed by atoms with Gasteiger partial charge in [-0.05, 0) is 57.1 Å². The smallest absolute Gasteiger partial charge is 0.254 e. The molecule has 1 saturated carbocycles. The number of aryl methyl sites for hydroxylation is 1. The molecule has 1 fully saturated rings.